The summed E-state index contributed by atoms with van der Waals surface area (Å²) < 4.78 is 53.9. The number of anilines is 1. The van der Waals surface area contributed by atoms with Gasteiger partial charge in [0.2, 0.25) is 10.0 Å². The van der Waals surface area contributed by atoms with Crippen LogP contribution in [-0.2, 0) is 10.0 Å². The Morgan fingerprint density at radius 1 is 1.05 bits per heavy atom. The van der Waals surface area contributed by atoms with E-state index in [1.165, 1.54) is 4.31 Å². The van der Waals surface area contributed by atoms with Crippen LogP contribution in [0.25, 0.3) is 0 Å². The number of piperidine rings is 1. The molecule has 0 saturated carbocycles. The van der Waals surface area contributed by atoms with Gasteiger partial charge in [-0.2, -0.15) is 0 Å². The average Bonchev–Trinajstić information content (AvgIpc) is 2.88. The lowest BCUT2D eigenvalue weighted by atomic mass is 9.76. The molecule has 122 valence electrons. The quantitative estimate of drug-likeness (QED) is 0.834. The molecule has 22 heavy (non-hydrogen) atoms. The van der Waals surface area contributed by atoms with Gasteiger partial charge in [-0.3, -0.25) is 0 Å². The summed E-state index contributed by atoms with van der Waals surface area (Å²) in [7, 11) is -3.44. The van der Waals surface area contributed by atoms with E-state index in [0.717, 1.165) is 11.9 Å². The Balaban J connectivity index is 1.87. The molecule has 0 aliphatic carbocycles. The lowest BCUT2D eigenvalue weighted by Crippen LogP contribution is -2.58. The number of para-hydroxylation sites is 1. The Morgan fingerprint density at radius 3 is 2.36 bits per heavy atom. The number of hydrogen-bond donors (Lipinski definition) is 0. The highest BCUT2D eigenvalue weighted by molar-refractivity contribution is 7.88. The van der Waals surface area contributed by atoms with Crippen molar-refractivity contribution in [3.8, 4) is 0 Å². The van der Waals surface area contributed by atoms with E-state index in [2.05, 4.69) is 0 Å². The van der Waals surface area contributed by atoms with Crippen LogP contribution in [0.1, 0.15) is 12.8 Å². The molecule has 0 bridgehead atoms. The van der Waals surface area contributed by atoms with E-state index < -0.39 is 27.8 Å². The van der Waals surface area contributed by atoms with E-state index in [9.17, 15) is 17.2 Å². The van der Waals surface area contributed by atoms with Crippen LogP contribution in [0.5, 0.6) is 0 Å². The third-order valence-corrected chi connectivity index (χ3v) is 6.12. The number of rotatable bonds is 2. The van der Waals surface area contributed by atoms with Gasteiger partial charge in [0.25, 0.3) is 5.92 Å². The van der Waals surface area contributed by atoms with Gasteiger partial charge in [0, 0.05) is 38.3 Å². The van der Waals surface area contributed by atoms with E-state index in [0.29, 0.717) is 13.0 Å². The van der Waals surface area contributed by atoms with Gasteiger partial charge in [-0.1, -0.05) is 18.2 Å². The van der Waals surface area contributed by atoms with Crippen LogP contribution >= 0.6 is 0 Å². The predicted octanol–water partition coefficient (Wildman–Crippen LogP) is 2.18. The highest BCUT2D eigenvalue weighted by atomic mass is 32.2. The summed E-state index contributed by atoms with van der Waals surface area (Å²) in [6, 6.07) is 9.43. The van der Waals surface area contributed by atoms with E-state index >= 15 is 0 Å². The molecule has 1 aromatic carbocycles. The Hall–Kier alpha value is -1.21. The molecule has 2 saturated heterocycles. The molecule has 2 aliphatic heterocycles. The zero-order valence-electron chi connectivity index (χ0n) is 12.5. The van der Waals surface area contributed by atoms with Gasteiger partial charge in [0.15, 0.2) is 0 Å². The molecule has 3 rings (SSSR count). The molecule has 0 amide bonds. The minimum absolute atomic E-state index is 0.0951. The van der Waals surface area contributed by atoms with Gasteiger partial charge in [-0.05, 0) is 18.6 Å². The number of alkyl halides is 2. The minimum Gasteiger partial charge on any atom is -0.371 e. The first-order valence-corrected chi connectivity index (χ1v) is 9.21. The summed E-state index contributed by atoms with van der Waals surface area (Å²) in [6.45, 7) is 0.522. The van der Waals surface area contributed by atoms with E-state index in [1.807, 2.05) is 35.2 Å². The number of sulfonamides is 1. The van der Waals surface area contributed by atoms with Crippen molar-refractivity contribution in [1.82, 2.24) is 4.31 Å². The van der Waals surface area contributed by atoms with Crippen molar-refractivity contribution < 1.29 is 17.2 Å². The van der Waals surface area contributed by atoms with Crippen molar-refractivity contribution in [2.24, 2.45) is 5.41 Å². The molecule has 2 aliphatic rings. The van der Waals surface area contributed by atoms with Crippen molar-refractivity contribution >= 4 is 15.7 Å². The summed E-state index contributed by atoms with van der Waals surface area (Å²) in [5, 5.41) is 0. The maximum absolute atomic E-state index is 14.6. The third-order valence-electron chi connectivity index (χ3n) is 4.87. The fourth-order valence-corrected chi connectivity index (χ4v) is 4.41. The molecule has 1 atom stereocenters. The van der Waals surface area contributed by atoms with Crippen LogP contribution in [0.15, 0.2) is 30.3 Å². The highest BCUT2D eigenvalue weighted by Crippen LogP contribution is 2.50. The fourth-order valence-electron chi connectivity index (χ4n) is 3.50. The maximum Gasteiger partial charge on any atom is 0.257 e. The Kier molecular flexibility index (Phi) is 3.68. The number of benzene rings is 1. The molecule has 0 radical (unpaired) electrons. The molecule has 2 fully saturated rings. The van der Waals surface area contributed by atoms with Crippen molar-refractivity contribution in [3.63, 3.8) is 0 Å². The first-order chi connectivity index (χ1) is 10.2. The summed E-state index contributed by atoms with van der Waals surface area (Å²) in [4.78, 5) is 1.93. The topological polar surface area (TPSA) is 40.6 Å². The fraction of sp³-hybridized carbons (Fsp3) is 0.600. The second kappa shape index (κ2) is 5.16. The summed E-state index contributed by atoms with van der Waals surface area (Å²) in [5.41, 5.74) is -0.379. The van der Waals surface area contributed by atoms with Gasteiger partial charge in [0.05, 0.1) is 11.7 Å². The van der Waals surface area contributed by atoms with Crippen molar-refractivity contribution in [1.29, 1.82) is 0 Å². The maximum atomic E-state index is 14.6. The predicted molar refractivity (Wildman–Crippen MR) is 81.7 cm³/mol. The highest BCUT2D eigenvalue weighted by Gasteiger charge is 2.60. The second-order valence-electron chi connectivity index (χ2n) is 6.34. The van der Waals surface area contributed by atoms with Crippen LogP contribution in [0, 0.1) is 5.41 Å². The molecule has 7 heteroatoms. The van der Waals surface area contributed by atoms with Crippen LogP contribution in [0.3, 0.4) is 0 Å². The summed E-state index contributed by atoms with van der Waals surface area (Å²) >= 11 is 0. The molecule has 0 aromatic heterocycles. The van der Waals surface area contributed by atoms with Gasteiger partial charge in [0.1, 0.15) is 0 Å². The van der Waals surface area contributed by atoms with Crippen molar-refractivity contribution in [2.75, 3.05) is 37.3 Å². The molecular weight excluding hydrogens is 310 g/mol. The standard InChI is InChI=1S/C15H20F2N2O2S/c1-22(20,21)19-10-8-15(16,17)14(12-19)7-9-18(11-14)13-5-3-2-4-6-13/h2-6H,7-12H2,1H3. The SMILES string of the molecule is CS(=O)(=O)N1CCC(F)(F)C2(CCN(c3ccccc3)C2)C1. The lowest BCUT2D eigenvalue weighted by molar-refractivity contribution is -0.145. The van der Waals surface area contributed by atoms with Crippen LogP contribution in [0.2, 0.25) is 0 Å². The molecule has 0 N–H and O–H groups in total. The summed E-state index contributed by atoms with van der Waals surface area (Å²) in [6.07, 6.45) is 0.998. The molecule has 1 spiro atoms. The van der Waals surface area contributed by atoms with Crippen LogP contribution in [0.4, 0.5) is 14.5 Å². The first-order valence-electron chi connectivity index (χ1n) is 7.37. The Bertz CT molecular complexity index is 651. The molecular formula is C15H20F2N2O2S. The number of halogens is 2. The first kappa shape index (κ1) is 15.7. The summed E-state index contributed by atoms with van der Waals surface area (Å²) in [5.74, 6) is -2.84. The van der Waals surface area contributed by atoms with Crippen molar-refractivity contribution in [3.05, 3.63) is 30.3 Å². The van der Waals surface area contributed by atoms with E-state index in [-0.39, 0.29) is 19.6 Å². The van der Waals surface area contributed by atoms with Gasteiger partial charge >= 0.3 is 0 Å². The Labute approximate surface area is 129 Å². The number of nitrogens with zero attached hydrogens (tertiary/aromatic N) is 2. The largest absolute Gasteiger partial charge is 0.371 e. The van der Waals surface area contributed by atoms with Gasteiger partial charge in [-0.25, -0.2) is 21.5 Å². The molecule has 1 aromatic rings. The normalized spacial score (nSPS) is 29.1. The zero-order valence-corrected chi connectivity index (χ0v) is 13.3. The third kappa shape index (κ3) is 2.60. The average molecular weight is 330 g/mol. The molecule has 4 nitrogen and oxygen atoms in total. The minimum atomic E-state index is -3.44. The number of hydrogen-bond acceptors (Lipinski definition) is 3. The van der Waals surface area contributed by atoms with E-state index in [4.69, 9.17) is 0 Å². The molecule has 1 unspecified atom stereocenters. The van der Waals surface area contributed by atoms with Gasteiger partial charge < -0.3 is 4.90 Å². The monoisotopic (exact) mass is 330 g/mol. The molecule has 2 heterocycles. The lowest BCUT2D eigenvalue weighted by Gasteiger charge is -2.45. The van der Waals surface area contributed by atoms with Crippen LogP contribution in [-0.4, -0.2) is 51.1 Å². The second-order valence-corrected chi connectivity index (χ2v) is 8.32. The van der Waals surface area contributed by atoms with Crippen LogP contribution < -0.4 is 4.90 Å². The Morgan fingerprint density at radius 2 is 1.73 bits per heavy atom. The van der Waals surface area contributed by atoms with E-state index in [1.54, 1.807) is 0 Å². The van der Waals surface area contributed by atoms with Crippen molar-refractivity contribution in [2.45, 2.75) is 18.8 Å². The smallest absolute Gasteiger partial charge is 0.257 e. The van der Waals surface area contributed by atoms with Gasteiger partial charge in [-0.15, -0.1) is 0 Å². The zero-order chi connectivity index (χ0) is 16.0.